The molecule has 0 bridgehead atoms. The van der Waals surface area contributed by atoms with Gasteiger partial charge < -0.3 is 19.7 Å². The van der Waals surface area contributed by atoms with E-state index in [0.717, 1.165) is 38.9 Å². The van der Waals surface area contributed by atoms with E-state index in [1.54, 1.807) is 0 Å². The van der Waals surface area contributed by atoms with Crippen molar-refractivity contribution in [2.75, 3.05) is 40.0 Å². The maximum absolute atomic E-state index is 6.03. The molecule has 4 aliphatic rings. The van der Waals surface area contributed by atoms with Gasteiger partial charge in [-0.15, -0.1) is 0 Å². The molecule has 2 heterocycles. The first-order valence-corrected chi connectivity index (χ1v) is 9.46. The minimum absolute atomic E-state index is 0.418. The van der Waals surface area contributed by atoms with Gasteiger partial charge in [-0.05, 0) is 32.6 Å². The van der Waals surface area contributed by atoms with Crippen LogP contribution in [0.15, 0.2) is 4.99 Å². The number of nitrogens with zero attached hydrogens (tertiary/aromatic N) is 2. The van der Waals surface area contributed by atoms with Crippen LogP contribution in [0.5, 0.6) is 0 Å². The van der Waals surface area contributed by atoms with Crippen LogP contribution in [0.1, 0.15) is 39.0 Å². The molecule has 0 aromatic rings. The van der Waals surface area contributed by atoms with Crippen LogP contribution in [0.4, 0.5) is 0 Å². The molecule has 2 aliphatic carbocycles. The molecule has 5 heteroatoms. The fourth-order valence-electron chi connectivity index (χ4n) is 5.34. The summed E-state index contributed by atoms with van der Waals surface area (Å²) in [5.41, 5.74) is 0.418. The average molecular weight is 321 g/mol. The summed E-state index contributed by atoms with van der Waals surface area (Å²) >= 11 is 0. The number of hydrogen-bond acceptors (Lipinski definition) is 3. The number of nitrogens with one attached hydrogen (secondary N) is 1. The van der Waals surface area contributed by atoms with Gasteiger partial charge >= 0.3 is 0 Å². The van der Waals surface area contributed by atoms with Gasteiger partial charge in [0.15, 0.2) is 5.96 Å². The molecule has 0 aromatic carbocycles. The van der Waals surface area contributed by atoms with Gasteiger partial charge in [-0.3, -0.25) is 4.99 Å². The second-order valence-electron chi connectivity index (χ2n) is 7.76. The van der Waals surface area contributed by atoms with Crippen LogP contribution in [-0.2, 0) is 9.47 Å². The van der Waals surface area contributed by atoms with Crippen molar-refractivity contribution in [1.82, 2.24) is 10.2 Å². The van der Waals surface area contributed by atoms with E-state index in [1.165, 1.54) is 32.1 Å². The molecule has 1 spiro atoms. The third-order valence-corrected chi connectivity index (χ3v) is 6.68. The minimum Gasteiger partial charge on any atom is -0.381 e. The van der Waals surface area contributed by atoms with E-state index in [4.69, 9.17) is 9.47 Å². The van der Waals surface area contributed by atoms with Crippen molar-refractivity contribution >= 4 is 5.96 Å². The van der Waals surface area contributed by atoms with Gasteiger partial charge in [0.05, 0.1) is 12.7 Å². The lowest BCUT2D eigenvalue weighted by molar-refractivity contribution is -0.171. The van der Waals surface area contributed by atoms with Gasteiger partial charge in [0.1, 0.15) is 0 Å². The standard InChI is InChI=1S/C18H31N3O2/c1-3-22-12-13-5-9-21(11-13)17(19-2)20-15-14-6-10-23-16(14)18(15)7-4-8-18/h13-16H,3-12H2,1-2H3,(H,19,20). The highest BCUT2D eigenvalue weighted by molar-refractivity contribution is 5.81. The van der Waals surface area contributed by atoms with Crippen molar-refractivity contribution in [3.05, 3.63) is 0 Å². The summed E-state index contributed by atoms with van der Waals surface area (Å²) in [4.78, 5) is 7.02. The predicted molar refractivity (Wildman–Crippen MR) is 90.6 cm³/mol. The second kappa shape index (κ2) is 6.25. The van der Waals surface area contributed by atoms with E-state index in [-0.39, 0.29) is 0 Å². The Kier molecular flexibility index (Phi) is 4.26. The smallest absolute Gasteiger partial charge is 0.193 e. The summed E-state index contributed by atoms with van der Waals surface area (Å²) in [6, 6.07) is 0.577. The zero-order chi connectivity index (χ0) is 15.9. The van der Waals surface area contributed by atoms with E-state index in [0.29, 0.717) is 29.4 Å². The molecule has 4 atom stereocenters. The zero-order valence-electron chi connectivity index (χ0n) is 14.6. The van der Waals surface area contributed by atoms with E-state index in [1.807, 2.05) is 7.05 Å². The molecule has 2 saturated heterocycles. The lowest BCUT2D eigenvalue weighted by atomic mass is 9.46. The van der Waals surface area contributed by atoms with Gasteiger partial charge in [-0.2, -0.15) is 0 Å². The third kappa shape index (κ3) is 2.47. The van der Waals surface area contributed by atoms with Crippen molar-refractivity contribution in [1.29, 1.82) is 0 Å². The summed E-state index contributed by atoms with van der Waals surface area (Å²) in [7, 11) is 1.92. The SMILES string of the molecule is CCOCC1CCN(C(=NC)NC2C3CCOC3C23CCC3)C1. The first-order valence-electron chi connectivity index (χ1n) is 9.46. The Balaban J connectivity index is 1.37. The summed E-state index contributed by atoms with van der Waals surface area (Å²) < 4.78 is 11.6. The zero-order valence-corrected chi connectivity index (χ0v) is 14.6. The van der Waals surface area contributed by atoms with Crippen LogP contribution < -0.4 is 5.32 Å². The highest BCUT2D eigenvalue weighted by Crippen LogP contribution is 2.62. The number of rotatable bonds is 4. The second-order valence-corrected chi connectivity index (χ2v) is 7.76. The number of fused-ring (bicyclic) bond motifs is 2. The molecule has 4 fully saturated rings. The fourth-order valence-corrected chi connectivity index (χ4v) is 5.34. The summed E-state index contributed by atoms with van der Waals surface area (Å²) in [6.45, 7) is 6.90. The molecule has 0 radical (unpaired) electrons. The van der Waals surface area contributed by atoms with Crippen molar-refractivity contribution < 1.29 is 9.47 Å². The fraction of sp³-hybridized carbons (Fsp3) is 0.944. The Morgan fingerprint density at radius 2 is 2.26 bits per heavy atom. The molecule has 0 aromatic heterocycles. The molecule has 1 N–H and O–H groups in total. The monoisotopic (exact) mass is 321 g/mol. The van der Waals surface area contributed by atoms with Crippen LogP contribution in [0, 0.1) is 17.3 Å². The molecule has 130 valence electrons. The molecule has 4 rings (SSSR count). The third-order valence-electron chi connectivity index (χ3n) is 6.68. The normalized spacial score (nSPS) is 38.3. The predicted octanol–water partition coefficient (Wildman–Crippen LogP) is 1.88. The molecule has 4 unspecified atom stereocenters. The van der Waals surface area contributed by atoms with Crippen LogP contribution in [0.3, 0.4) is 0 Å². The molecule has 0 amide bonds. The summed E-state index contributed by atoms with van der Waals surface area (Å²) in [5, 5.41) is 3.84. The number of ether oxygens (including phenoxy) is 2. The Labute approximate surface area is 139 Å². The lowest BCUT2D eigenvalue weighted by Crippen LogP contribution is -2.72. The Hall–Kier alpha value is -0.810. The Morgan fingerprint density at radius 1 is 1.39 bits per heavy atom. The first kappa shape index (κ1) is 15.7. The van der Waals surface area contributed by atoms with Crippen LogP contribution in [0.2, 0.25) is 0 Å². The van der Waals surface area contributed by atoms with Gasteiger partial charge in [0.2, 0.25) is 0 Å². The Bertz CT molecular complexity index is 463. The van der Waals surface area contributed by atoms with E-state index in [9.17, 15) is 0 Å². The van der Waals surface area contributed by atoms with Gasteiger partial charge in [0, 0.05) is 56.6 Å². The molecule has 5 nitrogen and oxygen atoms in total. The van der Waals surface area contributed by atoms with Gasteiger partial charge in [0.25, 0.3) is 0 Å². The number of aliphatic imine (C=N–C) groups is 1. The van der Waals surface area contributed by atoms with Gasteiger partial charge in [-0.1, -0.05) is 6.42 Å². The molecular weight excluding hydrogens is 290 g/mol. The lowest BCUT2D eigenvalue weighted by Gasteiger charge is -2.63. The number of likely N-dealkylation sites (tertiary alicyclic amines) is 1. The van der Waals surface area contributed by atoms with Crippen LogP contribution in [0.25, 0.3) is 0 Å². The van der Waals surface area contributed by atoms with Crippen molar-refractivity contribution in [3.8, 4) is 0 Å². The van der Waals surface area contributed by atoms with Crippen LogP contribution >= 0.6 is 0 Å². The maximum Gasteiger partial charge on any atom is 0.193 e. The highest BCUT2D eigenvalue weighted by atomic mass is 16.5. The first-order chi connectivity index (χ1) is 11.3. The minimum atomic E-state index is 0.418. The van der Waals surface area contributed by atoms with E-state index < -0.39 is 0 Å². The highest BCUT2D eigenvalue weighted by Gasteiger charge is 2.66. The van der Waals surface area contributed by atoms with Crippen molar-refractivity contribution in [2.24, 2.45) is 22.2 Å². The molecule has 2 aliphatic heterocycles. The van der Waals surface area contributed by atoms with Gasteiger partial charge in [-0.25, -0.2) is 0 Å². The van der Waals surface area contributed by atoms with E-state index in [2.05, 4.69) is 22.1 Å². The summed E-state index contributed by atoms with van der Waals surface area (Å²) in [6.07, 6.45) is 6.98. The summed E-state index contributed by atoms with van der Waals surface area (Å²) in [5.74, 6) is 2.45. The van der Waals surface area contributed by atoms with Crippen LogP contribution in [-0.4, -0.2) is 63.0 Å². The molecular formula is C18H31N3O2. The Morgan fingerprint density at radius 3 is 2.96 bits per heavy atom. The topological polar surface area (TPSA) is 46.1 Å². The van der Waals surface area contributed by atoms with E-state index >= 15 is 0 Å². The quantitative estimate of drug-likeness (QED) is 0.634. The largest absolute Gasteiger partial charge is 0.381 e. The molecule has 23 heavy (non-hydrogen) atoms. The number of guanidine groups is 1. The average Bonchev–Trinajstić information content (AvgIpc) is 3.13. The number of hydrogen-bond donors (Lipinski definition) is 1. The van der Waals surface area contributed by atoms with Crippen molar-refractivity contribution in [3.63, 3.8) is 0 Å². The van der Waals surface area contributed by atoms with Crippen molar-refractivity contribution in [2.45, 2.75) is 51.2 Å². The molecule has 2 saturated carbocycles. The maximum atomic E-state index is 6.03.